The summed E-state index contributed by atoms with van der Waals surface area (Å²) in [6.07, 6.45) is 2.64. The highest BCUT2D eigenvalue weighted by Crippen LogP contribution is 2.12. The summed E-state index contributed by atoms with van der Waals surface area (Å²) in [7, 11) is 0. The van der Waals surface area contributed by atoms with Crippen LogP contribution in [0.3, 0.4) is 0 Å². The van der Waals surface area contributed by atoms with Gasteiger partial charge in [-0.15, -0.1) is 0 Å². The largest absolute Gasteiger partial charge is 0.394 e. The number of hydrogen-bond acceptors (Lipinski definition) is 5. The number of H-pyrrole nitrogens is 1. The number of carbonyl (C=O) groups is 1. The van der Waals surface area contributed by atoms with Crippen molar-refractivity contribution in [1.82, 2.24) is 15.5 Å². The average molecular weight is 307 g/mol. The lowest BCUT2D eigenvalue weighted by Gasteiger charge is -2.15. The lowest BCUT2D eigenvalue weighted by molar-refractivity contribution is 0.0911. The van der Waals surface area contributed by atoms with E-state index in [1.165, 1.54) is 0 Å². The van der Waals surface area contributed by atoms with Crippen LogP contribution in [-0.2, 0) is 0 Å². The molecule has 0 aliphatic rings. The van der Waals surface area contributed by atoms with Crippen molar-refractivity contribution in [1.29, 1.82) is 0 Å². The fourth-order valence-corrected chi connectivity index (χ4v) is 2.53. The van der Waals surface area contributed by atoms with Crippen LogP contribution in [0.5, 0.6) is 0 Å². The second kappa shape index (κ2) is 7.24. The van der Waals surface area contributed by atoms with Crippen molar-refractivity contribution >= 4 is 28.4 Å². The monoisotopic (exact) mass is 307 g/mol. The van der Waals surface area contributed by atoms with Crippen LogP contribution < -0.4 is 10.9 Å². The van der Waals surface area contributed by atoms with E-state index in [9.17, 15) is 14.7 Å². The van der Waals surface area contributed by atoms with E-state index in [4.69, 9.17) is 0 Å². The van der Waals surface area contributed by atoms with Gasteiger partial charge in [-0.25, -0.2) is 5.10 Å². The number of carbonyl (C=O) groups excluding carboxylic acids is 1. The minimum atomic E-state index is -0.400. The van der Waals surface area contributed by atoms with E-state index < -0.39 is 5.91 Å². The van der Waals surface area contributed by atoms with Crippen molar-refractivity contribution in [2.24, 2.45) is 0 Å². The molecule has 1 heterocycles. The zero-order valence-electron chi connectivity index (χ0n) is 11.6. The SMILES string of the molecule is CSCC[C@@H](CO)NC(=O)c1n[nH]c(=O)c2ccccc12. The Morgan fingerprint density at radius 3 is 2.81 bits per heavy atom. The van der Waals surface area contributed by atoms with E-state index in [1.807, 2.05) is 6.26 Å². The summed E-state index contributed by atoms with van der Waals surface area (Å²) in [6, 6.07) is 6.48. The lowest BCUT2D eigenvalue weighted by atomic mass is 10.1. The zero-order chi connectivity index (χ0) is 15.2. The molecule has 0 unspecified atom stereocenters. The van der Waals surface area contributed by atoms with Crippen molar-refractivity contribution < 1.29 is 9.90 Å². The molecule has 112 valence electrons. The molecule has 1 aromatic heterocycles. The average Bonchev–Trinajstić information content (AvgIpc) is 2.51. The van der Waals surface area contributed by atoms with Crippen LogP contribution in [0.15, 0.2) is 29.1 Å². The minimum Gasteiger partial charge on any atom is -0.394 e. The number of nitrogens with zero attached hydrogens (tertiary/aromatic N) is 1. The first-order valence-electron chi connectivity index (χ1n) is 6.55. The molecule has 2 aromatic rings. The summed E-state index contributed by atoms with van der Waals surface area (Å²) < 4.78 is 0. The third-order valence-electron chi connectivity index (χ3n) is 3.14. The molecule has 6 nitrogen and oxygen atoms in total. The molecule has 0 aliphatic heterocycles. The predicted molar refractivity (Wildman–Crippen MR) is 83.7 cm³/mol. The Hall–Kier alpha value is -1.86. The van der Waals surface area contributed by atoms with Crippen LogP contribution in [0.2, 0.25) is 0 Å². The van der Waals surface area contributed by atoms with Crippen LogP contribution in [0, 0.1) is 0 Å². The van der Waals surface area contributed by atoms with E-state index in [0.717, 1.165) is 5.75 Å². The van der Waals surface area contributed by atoms with Crippen LogP contribution >= 0.6 is 11.8 Å². The first-order valence-corrected chi connectivity index (χ1v) is 7.94. The summed E-state index contributed by atoms with van der Waals surface area (Å²) in [5.74, 6) is 0.438. The number of rotatable bonds is 6. The van der Waals surface area contributed by atoms with Gasteiger partial charge in [0.1, 0.15) is 0 Å². The van der Waals surface area contributed by atoms with Gasteiger partial charge in [-0.2, -0.15) is 16.9 Å². The van der Waals surface area contributed by atoms with Crippen molar-refractivity contribution in [2.75, 3.05) is 18.6 Å². The molecule has 0 bridgehead atoms. The van der Waals surface area contributed by atoms with E-state index in [0.29, 0.717) is 17.2 Å². The Bertz CT molecular complexity index is 686. The number of aromatic nitrogens is 2. The molecule has 1 amide bonds. The summed E-state index contributed by atoms with van der Waals surface area (Å²) in [4.78, 5) is 24.0. The third-order valence-corrected chi connectivity index (χ3v) is 3.78. The number of nitrogens with one attached hydrogen (secondary N) is 2. The van der Waals surface area contributed by atoms with Crippen molar-refractivity contribution in [3.05, 3.63) is 40.3 Å². The fraction of sp³-hybridized carbons (Fsp3) is 0.357. The van der Waals surface area contributed by atoms with Gasteiger partial charge in [0.05, 0.1) is 18.0 Å². The Labute approximate surface area is 126 Å². The molecule has 0 radical (unpaired) electrons. The molecule has 1 aromatic carbocycles. The molecule has 21 heavy (non-hydrogen) atoms. The molecule has 0 fully saturated rings. The molecule has 0 saturated carbocycles. The van der Waals surface area contributed by atoms with Gasteiger partial charge in [-0.1, -0.05) is 18.2 Å². The Kier molecular flexibility index (Phi) is 5.35. The highest BCUT2D eigenvalue weighted by molar-refractivity contribution is 7.98. The maximum atomic E-state index is 12.3. The van der Waals surface area contributed by atoms with E-state index in [-0.39, 0.29) is 23.9 Å². The summed E-state index contributed by atoms with van der Waals surface area (Å²) in [6.45, 7) is -0.131. The van der Waals surface area contributed by atoms with E-state index in [1.54, 1.807) is 36.0 Å². The van der Waals surface area contributed by atoms with Gasteiger partial charge in [0.2, 0.25) is 0 Å². The van der Waals surface area contributed by atoms with Gasteiger partial charge < -0.3 is 10.4 Å². The smallest absolute Gasteiger partial charge is 0.272 e. The number of aliphatic hydroxyl groups excluding tert-OH is 1. The van der Waals surface area contributed by atoms with Gasteiger partial charge >= 0.3 is 0 Å². The standard InChI is InChI=1S/C14H17N3O3S/c1-21-7-6-9(8-18)15-14(20)12-10-4-2-3-5-11(10)13(19)17-16-12/h2-5,9,18H,6-8H2,1H3,(H,15,20)(H,17,19)/t9-/m0/s1. The second-order valence-electron chi connectivity index (χ2n) is 4.58. The normalized spacial score (nSPS) is 12.3. The van der Waals surface area contributed by atoms with Crippen molar-refractivity contribution in [3.63, 3.8) is 0 Å². The minimum absolute atomic E-state index is 0.131. The third kappa shape index (κ3) is 3.62. The van der Waals surface area contributed by atoms with Gasteiger partial charge in [-0.05, 0) is 24.5 Å². The summed E-state index contributed by atoms with van der Waals surface area (Å²) >= 11 is 1.65. The number of aromatic amines is 1. The maximum absolute atomic E-state index is 12.3. The highest BCUT2D eigenvalue weighted by Gasteiger charge is 2.17. The number of thioether (sulfide) groups is 1. The first kappa shape index (κ1) is 15.5. The van der Waals surface area contributed by atoms with E-state index in [2.05, 4.69) is 15.5 Å². The molecular formula is C14H17N3O3S. The molecule has 1 atom stereocenters. The molecule has 7 heteroatoms. The zero-order valence-corrected chi connectivity index (χ0v) is 12.4. The molecule has 0 saturated heterocycles. The second-order valence-corrected chi connectivity index (χ2v) is 5.57. The Balaban J connectivity index is 2.27. The van der Waals surface area contributed by atoms with Crippen LogP contribution in [0.1, 0.15) is 16.9 Å². The number of amides is 1. The van der Waals surface area contributed by atoms with E-state index >= 15 is 0 Å². The highest BCUT2D eigenvalue weighted by atomic mass is 32.2. The number of fused-ring (bicyclic) bond motifs is 1. The Morgan fingerprint density at radius 2 is 2.14 bits per heavy atom. The van der Waals surface area contributed by atoms with Gasteiger partial charge in [0.25, 0.3) is 11.5 Å². The number of benzene rings is 1. The molecule has 0 aliphatic carbocycles. The maximum Gasteiger partial charge on any atom is 0.272 e. The number of hydrogen-bond donors (Lipinski definition) is 3. The van der Waals surface area contributed by atoms with Crippen molar-refractivity contribution in [2.45, 2.75) is 12.5 Å². The van der Waals surface area contributed by atoms with Gasteiger partial charge in [0.15, 0.2) is 5.69 Å². The molecule has 0 spiro atoms. The van der Waals surface area contributed by atoms with Crippen LogP contribution in [-0.4, -0.2) is 45.9 Å². The molecule has 3 N–H and O–H groups in total. The van der Waals surface area contributed by atoms with Gasteiger partial charge in [0, 0.05) is 5.39 Å². The molecule has 2 rings (SSSR count). The summed E-state index contributed by atoms with van der Waals surface area (Å²) in [5, 5.41) is 19.1. The Morgan fingerprint density at radius 1 is 1.43 bits per heavy atom. The van der Waals surface area contributed by atoms with Gasteiger partial charge in [-0.3, -0.25) is 9.59 Å². The predicted octanol–water partition coefficient (Wildman–Crippen LogP) is 0.767. The summed E-state index contributed by atoms with van der Waals surface area (Å²) in [5.41, 5.74) is -0.170. The van der Waals surface area contributed by atoms with Crippen LogP contribution in [0.25, 0.3) is 10.8 Å². The van der Waals surface area contributed by atoms with Crippen molar-refractivity contribution in [3.8, 4) is 0 Å². The number of aliphatic hydroxyl groups is 1. The fourth-order valence-electron chi connectivity index (χ4n) is 2.01. The van der Waals surface area contributed by atoms with Crippen LogP contribution in [0.4, 0.5) is 0 Å². The quantitative estimate of drug-likeness (QED) is 0.732. The lowest BCUT2D eigenvalue weighted by Crippen LogP contribution is -2.38. The first-order chi connectivity index (χ1) is 10.2. The molecular weight excluding hydrogens is 290 g/mol. The topological polar surface area (TPSA) is 95.1 Å².